The number of aryl methyl sites for hydroxylation is 1. The Morgan fingerprint density at radius 2 is 1.60 bits per heavy atom. The molecule has 8 atom stereocenters. The number of ketones is 4. The SMILES string of the molecule is CO[C@@H]1[C@@H](O)[C@@H](OC)C(N=C2CC(=O)c3c(cc4c(c3O)C(=O)[C@]3(OC)[C@H](O)Cc5cc(C)c(C(=O)NC6CCCCC6)c(O)c5[C@]3(O)C4=O)C2=O)O[C@H]1C. The van der Waals surface area contributed by atoms with Crippen molar-refractivity contribution in [3.63, 3.8) is 0 Å². The maximum atomic E-state index is 14.8. The predicted molar refractivity (Wildman–Crippen MR) is 190 cm³/mol. The van der Waals surface area contributed by atoms with Gasteiger partial charge in [0.25, 0.3) is 5.91 Å². The largest absolute Gasteiger partial charge is 0.507 e. The van der Waals surface area contributed by atoms with E-state index in [1.807, 2.05) is 0 Å². The van der Waals surface area contributed by atoms with Gasteiger partial charge in [-0.3, -0.25) is 29.0 Å². The van der Waals surface area contributed by atoms with Gasteiger partial charge in [0.1, 0.15) is 29.8 Å². The third-order valence-electron chi connectivity index (χ3n) is 12.0. The molecule has 5 aliphatic rings. The van der Waals surface area contributed by atoms with Crippen LogP contribution in [0.3, 0.4) is 0 Å². The number of amides is 1. The molecule has 6 N–H and O–H groups in total. The lowest BCUT2D eigenvalue weighted by Crippen LogP contribution is -2.73. The number of aliphatic imine (C=N–C) groups is 1. The highest BCUT2D eigenvalue weighted by Crippen LogP contribution is 2.56. The van der Waals surface area contributed by atoms with Gasteiger partial charge in [0, 0.05) is 50.5 Å². The van der Waals surface area contributed by atoms with E-state index in [1.54, 1.807) is 13.8 Å². The molecule has 1 saturated carbocycles. The number of benzene rings is 2. The van der Waals surface area contributed by atoms with Crippen molar-refractivity contribution in [2.45, 2.75) is 113 Å². The molecule has 2 aromatic carbocycles. The van der Waals surface area contributed by atoms with Crippen LogP contribution in [0.15, 0.2) is 17.1 Å². The van der Waals surface area contributed by atoms with E-state index in [1.165, 1.54) is 20.3 Å². The van der Waals surface area contributed by atoms with Crippen LogP contribution in [0.1, 0.15) is 114 Å². The number of aromatic hydroxyl groups is 2. The van der Waals surface area contributed by atoms with Crippen LogP contribution in [0.4, 0.5) is 0 Å². The summed E-state index contributed by atoms with van der Waals surface area (Å²) in [6.07, 6.45) is -3.88. The summed E-state index contributed by atoms with van der Waals surface area (Å²) >= 11 is 0. The summed E-state index contributed by atoms with van der Waals surface area (Å²) in [4.78, 5) is 75.2. The third kappa shape index (κ3) is 5.44. The lowest BCUT2D eigenvalue weighted by Gasteiger charge is -2.53. The number of aliphatic hydroxyl groups is 3. The Labute approximate surface area is 315 Å². The number of phenolic OH excluding ortho intramolecular Hbond substituents is 2. The summed E-state index contributed by atoms with van der Waals surface area (Å²) in [5.74, 6) is -6.96. The maximum Gasteiger partial charge on any atom is 0.255 e. The molecule has 2 aromatic rings. The minimum Gasteiger partial charge on any atom is -0.507 e. The molecular formula is C39H44N2O14. The molecule has 0 bridgehead atoms. The molecule has 16 heteroatoms. The van der Waals surface area contributed by atoms with Crippen LogP contribution in [0.25, 0.3) is 0 Å². The van der Waals surface area contributed by atoms with Gasteiger partial charge in [-0.2, -0.15) is 0 Å². The number of carbonyl (C=O) groups excluding carboxylic acids is 5. The minimum absolute atomic E-state index is 0.0478. The van der Waals surface area contributed by atoms with E-state index in [4.69, 9.17) is 18.9 Å². The van der Waals surface area contributed by atoms with Crippen LogP contribution in [-0.2, 0) is 31.0 Å². The lowest BCUT2D eigenvalue weighted by atomic mass is 9.56. The first kappa shape index (κ1) is 38.8. The molecule has 7 rings (SSSR count). The summed E-state index contributed by atoms with van der Waals surface area (Å²) < 4.78 is 22.2. The number of aliphatic hydroxyl groups excluding tert-OH is 2. The number of ether oxygens (including phenoxy) is 4. The average Bonchev–Trinajstić information content (AvgIpc) is 3.13. The van der Waals surface area contributed by atoms with Crippen LogP contribution in [-0.4, -0.2) is 130 Å². The molecule has 1 aliphatic heterocycles. The van der Waals surface area contributed by atoms with Crippen LogP contribution in [0.5, 0.6) is 11.5 Å². The summed E-state index contributed by atoms with van der Waals surface area (Å²) in [6.45, 7) is 3.16. The zero-order valence-electron chi connectivity index (χ0n) is 31.0. The van der Waals surface area contributed by atoms with Crippen molar-refractivity contribution in [2.75, 3.05) is 21.3 Å². The molecule has 0 spiro atoms. The van der Waals surface area contributed by atoms with Crippen molar-refractivity contribution in [1.29, 1.82) is 0 Å². The number of phenols is 2. The first-order chi connectivity index (χ1) is 26.1. The zero-order chi connectivity index (χ0) is 39.9. The van der Waals surface area contributed by atoms with E-state index in [0.29, 0.717) is 0 Å². The van der Waals surface area contributed by atoms with E-state index >= 15 is 0 Å². The van der Waals surface area contributed by atoms with Crippen molar-refractivity contribution in [3.05, 3.63) is 56.6 Å². The lowest BCUT2D eigenvalue weighted by molar-refractivity contribution is -0.228. The van der Waals surface area contributed by atoms with E-state index in [2.05, 4.69) is 10.3 Å². The molecule has 1 saturated heterocycles. The molecule has 55 heavy (non-hydrogen) atoms. The Hall–Kier alpha value is -4.42. The first-order valence-electron chi connectivity index (χ1n) is 18.2. The van der Waals surface area contributed by atoms with Gasteiger partial charge in [-0.25, -0.2) is 0 Å². The Bertz CT molecular complexity index is 2060. The molecular weight excluding hydrogens is 720 g/mol. The van der Waals surface area contributed by atoms with Crippen LogP contribution in [0, 0.1) is 6.92 Å². The molecule has 1 heterocycles. The van der Waals surface area contributed by atoms with Gasteiger partial charge in [0.2, 0.25) is 17.3 Å². The molecule has 16 nitrogen and oxygen atoms in total. The molecule has 0 radical (unpaired) electrons. The number of carbonyl (C=O) groups is 5. The van der Waals surface area contributed by atoms with Gasteiger partial charge in [-0.05, 0) is 43.9 Å². The van der Waals surface area contributed by atoms with Gasteiger partial charge in [0.15, 0.2) is 23.2 Å². The van der Waals surface area contributed by atoms with Gasteiger partial charge in [-0.1, -0.05) is 25.3 Å². The Morgan fingerprint density at radius 1 is 0.927 bits per heavy atom. The Balaban J connectivity index is 1.37. The molecule has 0 aromatic heterocycles. The van der Waals surface area contributed by atoms with E-state index < -0.39 is 129 Å². The Morgan fingerprint density at radius 3 is 2.24 bits per heavy atom. The van der Waals surface area contributed by atoms with Crippen LogP contribution < -0.4 is 5.32 Å². The van der Waals surface area contributed by atoms with E-state index in [0.717, 1.165) is 45.3 Å². The second-order valence-electron chi connectivity index (χ2n) is 15.0. The monoisotopic (exact) mass is 764 g/mol. The molecule has 2 fully saturated rings. The number of fused-ring (bicyclic) bond motifs is 5. The van der Waals surface area contributed by atoms with Gasteiger partial charge in [0.05, 0.1) is 41.0 Å². The fourth-order valence-corrected chi connectivity index (χ4v) is 9.33. The van der Waals surface area contributed by atoms with Crippen LogP contribution >= 0.6 is 0 Å². The number of hydrogen-bond acceptors (Lipinski definition) is 15. The van der Waals surface area contributed by atoms with Crippen molar-refractivity contribution in [2.24, 2.45) is 4.99 Å². The standard InChI is InChI=1S/C39H44N2O14/c1-15-11-17-12-23(43)39(54-5)35(49)26-20(34(48)38(39,51)27(17)30(46)24(15)36(50)40-18-9-7-6-8-10-18)13-19-25(29(26)45)22(42)14-21(28(19)44)41-37-33(53-4)31(47)32(52-3)16(2)55-37/h11,13,16,18,23,31-33,37,43,45-47,51H,6-10,12,14H2,1-5H3,(H,40,50)/t16-,23+,31+,32-,33+,37?,38-,39+/m0/s1. The van der Waals surface area contributed by atoms with Crippen molar-refractivity contribution >= 4 is 34.8 Å². The van der Waals surface area contributed by atoms with Gasteiger partial charge < -0.3 is 49.8 Å². The van der Waals surface area contributed by atoms with Crippen molar-refractivity contribution in [3.8, 4) is 11.5 Å². The number of Topliss-reactive ketones (excluding diaryl/α,β-unsaturated/α-hetero) is 4. The topological polar surface area (TPSA) is 248 Å². The third-order valence-corrected chi connectivity index (χ3v) is 12.0. The predicted octanol–water partition coefficient (Wildman–Crippen LogP) is 1.38. The second kappa shape index (κ2) is 14.0. The molecule has 1 amide bonds. The Kier molecular flexibility index (Phi) is 9.85. The quantitative estimate of drug-likeness (QED) is 0.243. The summed E-state index contributed by atoms with van der Waals surface area (Å²) in [5.41, 5.74) is -9.52. The van der Waals surface area contributed by atoms with E-state index in [9.17, 15) is 49.5 Å². The smallest absolute Gasteiger partial charge is 0.255 e. The number of methoxy groups -OCH3 is 3. The van der Waals surface area contributed by atoms with Gasteiger partial charge in [-0.15, -0.1) is 0 Å². The number of hydrogen-bond donors (Lipinski definition) is 6. The summed E-state index contributed by atoms with van der Waals surface area (Å²) in [7, 11) is 3.62. The normalized spacial score (nSPS) is 32.8. The molecule has 4 aliphatic carbocycles. The van der Waals surface area contributed by atoms with E-state index in [-0.39, 0.29) is 28.4 Å². The number of rotatable bonds is 6. The molecule has 1 unspecified atom stereocenters. The fourth-order valence-electron chi connectivity index (χ4n) is 9.33. The highest BCUT2D eigenvalue weighted by atomic mass is 16.6. The fraction of sp³-hybridized carbons (Fsp3) is 0.538. The maximum absolute atomic E-state index is 14.8. The summed E-state index contributed by atoms with van der Waals surface area (Å²) in [6, 6.07) is 2.14. The highest BCUT2D eigenvalue weighted by molar-refractivity contribution is 6.53. The number of nitrogens with zero attached hydrogens (tertiary/aromatic N) is 1. The van der Waals surface area contributed by atoms with Gasteiger partial charge >= 0.3 is 0 Å². The summed E-state index contributed by atoms with van der Waals surface area (Å²) in [5, 5.41) is 61.5. The van der Waals surface area contributed by atoms with Crippen molar-refractivity contribution < 1.29 is 68.5 Å². The zero-order valence-corrected chi connectivity index (χ0v) is 31.0. The average molecular weight is 765 g/mol. The second-order valence-corrected chi connectivity index (χ2v) is 15.0. The van der Waals surface area contributed by atoms with Crippen LogP contribution in [0.2, 0.25) is 0 Å². The van der Waals surface area contributed by atoms with Crippen molar-refractivity contribution in [1.82, 2.24) is 5.32 Å². The minimum atomic E-state index is -3.21. The first-order valence-corrected chi connectivity index (χ1v) is 18.2. The number of nitrogens with one attached hydrogen (secondary N) is 1. The molecule has 294 valence electrons. The highest BCUT2D eigenvalue weighted by Gasteiger charge is 2.72.